The Kier molecular flexibility index (Phi) is 5.56. The van der Waals surface area contributed by atoms with Crippen LogP contribution in [-0.2, 0) is 20.1 Å². The number of fused-ring (bicyclic) bond motifs is 4. The zero-order chi connectivity index (χ0) is 40.9. The van der Waals surface area contributed by atoms with Gasteiger partial charge in [0.25, 0.3) is 0 Å². The van der Waals surface area contributed by atoms with Gasteiger partial charge in [-0.1, -0.05) is 54.2 Å². The fourth-order valence-electron chi connectivity index (χ4n) is 5.11. The maximum Gasteiger partial charge on any atom is 0.216 e. The standard InChI is InChI=1S/C27H18N3O.C13H12N.Ir/c1-16-14-29-25(13-23(16)19-6-3-5-18-11-12-28-15-24(18)19)22-8-4-7-20-21-10-9-17(2)30-27(21)31-26(20)22;1-10-3-6-12(7-4-10)13-8-5-11(2)9-14-13;/h3-7,9-15H,1-2H3;3-6,8-9H,1-2H3;/q2*-1;/i2*1D3,2D3;. The van der Waals surface area contributed by atoms with Crippen molar-refractivity contribution < 1.29 is 41.0 Å². The van der Waals surface area contributed by atoms with E-state index in [1.54, 1.807) is 42.7 Å². The third kappa shape index (κ3) is 6.10. The van der Waals surface area contributed by atoms with E-state index in [0.29, 0.717) is 39.0 Å². The maximum atomic E-state index is 8.12. The molecule has 0 saturated carbocycles. The molecular weight excluding hydrogens is 745 g/mol. The molecule has 0 atom stereocenters. The molecule has 5 heterocycles. The summed E-state index contributed by atoms with van der Waals surface area (Å²) in [6.45, 7) is -9.10. The average molecular weight is 787 g/mol. The summed E-state index contributed by atoms with van der Waals surface area (Å²) in [6.07, 6.45) is 6.08. The number of benzene rings is 3. The van der Waals surface area contributed by atoms with Gasteiger partial charge in [-0.05, 0) is 77.8 Å². The number of pyridine rings is 4. The molecule has 5 nitrogen and oxygen atoms in total. The van der Waals surface area contributed by atoms with Gasteiger partial charge in [-0.2, -0.15) is 0 Å². The Balaban J connectivity index is 0.000000230. The van der Waals surface area contributed by atoms with Crippen LogP contribution in [0.4, 0.5) is 0 Å². The quantitative estimate of drug-likeness (QED) is 0.167. The van der Waals surface area contributed by atoms with Crippen LogP contribution in [0.5, 0.6) is 0 Å². The number of aryl methyl sites for hydroxylation is 4. The summed E-state index contributed by atoms with van der Waals surface area (Å²) in [5.41, 5.74) is 4.45. The fraction of sp³-hybridized carbons (Fsp3) is 0.100. The molecule has 0 fully saturated rings. The van der Waals surface area contributed by atoms with Crippen LogP contribution in [-0.4, -0.2) is 19.9 Å². The van der Waals surface area contributed by atoms with E-state index in [1.807, 2.05) is 30.3 Å². The molecular formula is C40H30IrN4O-2. The van der Waals surface area contributed by atoms with Gasteiger partial charge in [0.1, 0.15) is 0 Å². The van der Waals surface area contributed by atoms with Crippen LogP contribution in [0.25, 0.3) is 66.5 Å². The molecule has 0 aliphatic heterocycles. The number of furan rings is 1. The summed E-state index contributed by atoms with van der Waals surface area (Å²) in [4.78, 5) is 17.0. The van der Waals surface area contributed by atoms with Crippen molar-refractivity contribution in [3.63, 3.8) is 0 Å². The van der Waals surface area contributed by atoms with Crippen molar-refractivity contribution in [2.75, 3.05) is 0 Å². The van der Waals surface area contributed by atoms with Crippen molar-refractivity contribution in [2.24, 2.45) is 0 Å². The molecule has 0 aliphatic carbocycles. The summed E-state index contributed by atoms with van der Waals surface area (Å²) >= 11 is 0. The van der Waals surface area contributed by atoms with Gasteiger partial charge in [-0.25, -0.2) is 4.98 Å². The van der Waals surface area contributed by atoms with E-state index in [-0.39, 0.29) is 48.2 Å². The van der Waals surface area contributed by atoms with Crippen molar-refractivity contribution in [2.45, 2.75) is 27.4 Å². The Morgan fingerprint density at radius 2 is 1.63 bits per heavy atom. The Bertz CT molecular complexity index is 2680. The first kappa shape index (κ1) is 19.5. The summed E-state index contributed by atoms with van der Waals surface area (Å²) in [6, 6.07) is 29.6. The minimum atomic E-state index is -2.39. The molecule has 0 spiro atoms. The molecule has 0 aliphatic rings. The summed E-state index contributed by atoms with van der Waals surface area (Å²) in [5.74, 6) is 0. The molecule has 0 saturated heterocycles. The third-order valence-corrected chi connectivity index (χ3v) is 7.28. The molecule has 0 amide bonds. The number of nitrogens with zero attached hydrogens (tertiary/aromatic N) is 4. The van der Waals surface area contributed by atoms with Gasteiger partial charge >= 0.3 is 0 Å². The zero-order valence-electron chi connectivity index (χ0n) is 35.9. The Morgan fingerprint density at radius 3 is 2.43 bits per heavy atom. The molecule has 46 heavy (non-hydrogen) atoms. The van der Waals surface area contributed by atoms with E-state index in [9.17, 15) is 0 Å². The van der Waals surface area contributed by atoms with Crippen LogP contribution in [0.3, 0.4) is 0 Å². The molecule has 5 aromatic heterocycles. The van der Waals surface area contributed by atoms with Gasteiger partial charge in [0.05, 0.1) is 5.58 Å². The summed E-state index contributed by atoms with van der Waals surface area (Å²) in [7, 11) is 0. The van der Waals surface area contributed by atoms with E-state index in [1.165, 1.54) is 36.7 Å². The second kappa shape index (κ2) is 13.1. The second-order valence-corrected chi connectivity index (χ2v) is 10.2. The monoisotopic (exact) mass is 787 g/mol. The number of hydrogen-bond donors (Lipinski definition) is 0. The molecule has 0 unspecified atom stereocenters. The molecule has 227 valence electrons. The van der Waals surface area contributed by atoms with E-state index in [0.717, 1.165) is 21.7 Å². The first-order valence-electron chi connectivity index (χ1n) is 19.9. The first-order chi connectivity index (χ1) is 26.8. The minimum absolute atomic E-state index is 0. The van der Waals surface area contributed by atoms with Crippen molar-refractivity contribution in [1.29, 1.82) is 0 Å². The fourth-order valence-corrected chi connectivity index (χ4v) is 5.11. The SMILES string of the molecule is [2H]C([2H])([2H])c1c[c-]c(-c2ccc(C([2H])([2H])[2H])cn2)cc1.[2H]C([2H])([2H])c1ccc2c(n1)oc1c(-c3cc(-c4cccc5ccncc45)c(C([2H])([2H])[2H])cn3)[c-]ccc12.[Ir]. The third-order valence-electron chi connectivity index (χ3n) is 7.28. The number of aromatic nitrogens is 4. The smallest absolute Gasteiger partial charge is 0.216 e. The van der Waals surface area contributed by atoms with Gasteiger partial charge in [-0.3, -0.25) is 4.98 Å². The second-order valence-electron chi connectivity index (χ2n) is 10.2. The average Bonchev–Trinajstić information content (AvgIpc) is 3.55. The minimum Gasteiger partial charge on any atom is -0.486 e. The van der Waals surface area contributed by atoms with Crippen molar-refractivity contribution in [1.82, 2.24) is 19.9 Å². The molecule has 6 heteroatoms. The first-order valence-corrected chi connectivity index (χ1v) is 13.9. The maximum absolute atomic E-state index is 8.12. The van der Waals surface area contributed by atoms with Crippen LogP contribution in [0.1, 0.15) is 38.8 Å². The van der Waals surface area contributed by atoms with E-state index in [2.05, 4.69) is 32.1 Å². The summed E-state index contributed by atoms with van der Waals surface area (Å²) < 4.78 is 97.0. The van der Waals surface area contributed by atoms with E-state index in [4.69, 9.17) is 20.9 Å². The largest absolute Gasteiger partial charge is 0.486 e. The predicted molar refractivity (Wildman–Crippen MR) is 182 cm³/mol. The predicted octanol–water partition coefficient (Wildman–Crippen LogP) is 9.84. The molecule has 8 rings (SSSR count). The van der Waals surface area contributed by atoms with E-state index >= 15 is 0 Å². The molecule has 1 radical (unpaired) electrons. The van der Waals surface area contributed by atoms with Gasteiger partial charge in [0.2, 0.25) is 5.71 Å². The van der Waals surface area contributed by atoms with Crippen molar-refractivity contribution in [3.8, 4) is 33.6 Å². The Hall–Kier alpha value is -5.03. The van der Waals surface area contributed by atoms with Gasteiger partial charge in [0, 0.05) is 77.8 Å². The van der Waals surface area contributed by atoms with Gasteiger partial charge in [-0.15, -0.1) is 53.6 Å². The number of rotatable bonds is 3. The van der Waals surface area contributed by atoms with Crippen LogP contribution in [0.15, 0.2) is 114 Å². The van der Waals surface area contributed by atoms with Crippen molar-refractivity contribution in [3.05, 3.63) is 144 Å². The Morgan fingerprint density at radius 1 is 0.717 bits per heavy atom. The van der Waals surface area contributed by atoms with Crippen LogP contribution in [0, 0.1) is 39.5 Å². The molecule has 0 bridgehead atoms. The molecule has 3 aromatic carbocycles. The molecule has 0 N–H and O–H groups in total. The van der Waals surface area contributed by atoms with Crippen molar-refractivity contribution >= 4 is 32.8 Å². The van der Waals surface area contributed by atoms with Gasteiger partial charge < -0.3 is 14.4 Å². The normalized spacial score (nSPS) is 15.8. The van der Waals surface area contributed by atoms with Crippen LogP contribution in [0.2, 0.25) is 0 Å². The topological polar surface area (TPSA) is 64.7 Å². The van der Waals surface area contributed by atoms with E-state index < -0.39 is 27.4 Å². The Labute approximate surface area is 298 Å². The van der Waals surface area contributed by atoms with Crippen LogP contribution >= 0.6 is 0 Å². The number of hydrogen-bond acceptors (Lipinski definition) is 5. The van der Waals surface area contributed by atoms with Crippen LogP contribution < -0.4 is 0 Å². The van der Waals surface area contributed by atoms with Gasteiger partial charge in [0.15, 0.2) is 0 Å². The molecule has 8 aromatic rings. The summed E-state index contributed by atoms with van der Waals surface area (Å²) in [5, 5.41) is 3.15. The zero-order valence-corrected chi connectivity index (χ0v) is 26.3.